The Labute approximate surface area is 102 Å². The number of Topliss-reactive ketones (excluding diaryl/α,β-unsaturated/α-hetero) is 1. The highest BCUT2D eigenvalue weighted by Crippen LogP contribution is 2.19. The fourth-order valence-electron chi connectivity index (χ4n) is 2.16. The summed E-state index contributed by atoms with van der Waals surface area (Å²) in [7, 11) is 1.95. The molecule has 0 saturated carbocycles. The maximum atomic E-state index is 11.5. The van der Waals surface area contributed by atoms with Crippen LogP contribution in [0.25, 0.3) is 0 Å². The van der Waals surface area contributed by atoms with Crippen molar-refractivity contribution in [2.45, 2.75) is 25.9 Å². The van der Waals surface area contributed by atoms with Gasteiger partial charge in [0.05, 0.1) is 11.7 Å². The highest BCUT2D eigenvalue weighted by molar-refractivity contribution is 5.98. The molecular formula is C13H18N2O2. The number of anilines is 1. The van der Waals surface area contributed by atoms with E-state index in [1.807, 2.05) is 18.0 Å². The molecule has 1 atom stereocenters. The molecule has 0 bridgehead atoms. The van der Waals surface area contributed by atoms with Crippen molar-refractivity contribution < 1.29 is 9.53 Å². The van der Waals surface area contributed by atoms with Crippen molar-refractivity contribution in [3.05, 3.63) is 23.9 Å². The Balaban J connectivity index is 2.12. The molecule has 1 unspecified atom stereocenters. The van der Waals surface area contributed by atoms with E-state index >= 15 is 0 Å². The number of hydrogen-bond donors (Lipinski definition) is 0. The van der Waals surface area contributed by atoms with Crippen LogP contribution in [0.1, 0.15) is 30.1 Å². The van der Waals surface area contributed by atoms with Gasteiger partial charge < -0.3 is 9.64 Å². The maximum Gasteiger partial charge on any atom is 0.163 e. The number of likely N-dealkylation sites (N-methyl/N-ethyl adjacent to an activating group) is 1. The molecule has 2 heterocycles. The van der Waals surface area contributed by atoms with Crippen molar-refractivity contribution in [3.8, 4) is 0 Å². The second-order valence-electron chi connectivity index (χ2n) is 4.45. The molecule has 0 amide bonds. The monoisotopic (exact) mass is 234 g/mol. The second kappa shape index (κ2) is 5.27. The summed E-state index contributed by atoms with van der Waals surface area (Å²) in [6.07, 6.45) is 4.20. The summed E-state index contributed by atoms with van der Waals surface area (Å²) in [6.45, 7) is 3.21. The van der Waals surface area contributed by atoms with E-state index in [1.54, 1.807) is 19.2 Å². The number of aromatic nitrogens is 1. The molecule has 1 aliphatic heterocycles. The van der Waals surface area contributed by atoms with Gasteiger partial charge in [-0.15, -0.1) is 0 Å². The van der Waals surface area contributed by atoms with E-state index in [-0.39, 0.29) is 11.9 Å². The van der Waals surface area contributed by atoms with Crippen molar-refractivity contribution in [2.24, 2.45) is 0 Å². The number of carbonyl (C=O) groups excluding carboxylic acids is 1. The van der Waals surface area contributed by atoms with E-state index in [1.165, 1.54) is 0 Å². The van der Waals surface area contributed by atoms with Crippen LogP contribution in [0.3, 0.4) is 0 Å². The summed E-state index contributed by atoms with van der Waals surface area (Å²) in [4.78, 5) is 17.8. The summed E-state index contributed by atoms with van der Waals surface area (Å²) in [5.74, 6) is 0.794. The van der Waals surface area contributed by atoms with Gasteiger partial charge >= 0.3 is 0 Å². The molecule has 1 aromatic rings. The van der Waals surface area contributed by atoms with Crippen molar-refractivity contribution in [1.82, 2.24) is 4.98 Å². The van der Waals surface area contributed by atoms with E-state index in [2.05, 4.69) is 4.98 Å². The zero-order valence-electron chi connectivity index (χ0n) is 10.3. The molecule has 17 heavy (non-hydrogen) atoms. The largest absolute Gasteiger partial charge is 0.376 e. The van der Waals surface area contributed by atoms with Gasteiger partial charge in [0, 0.05) is 26.4 Å². The van der Waals surface area contributed by atoms with Crippen molar-refractivity contribution in [2.75, 3.05) is 25.1 Å². The minimum atomic E-state index is 0.0484. The first kappa shape index (κ1) is 12.0. The summed E-state index contributed by atoms with van der Waals surface area (Å²) in [6, 6.07) is 3.61. The third-order valence-corrected chi connectivity index (χ3v) is 3.03. The van der Waals surface area contributed by atoms with Crippen LogP contribution in [0.4, 0.5) is 5.82 Å². The smallest absolute Gasteiger partial charge is 0.163 e. The lowest BCUT2D eigenvalue weighted by Gasteiger charge is -2.23. The summed E-state index contributed by atoms with van der Waals surface area (Å²) in [5.41, 5.74) is 0.674. The lowest BCUT2D eigenvalue weighted by molar-refractivity contribution is 0.101. The molecule has 0 N–H and O–H groups in total. The first-order chi connectivity index (χ1) is 8.18. The predicted octanol–water partition coefficient (Wildman–Crippen LogP) is 1.90. The van der Waals surface area contributed by atoms with Crippen LogP contribution in [-0.2, 0) is 4.74 Å². The van der Waals surface area contributed by atoms with E-state index in [0.717, 1.165) is 31.8 Å². The van der Waals surface area contributed by atoms with Crippen LogP contribution in [-0.4, -0.2) is 37.1 Å². The molecule has 1 aliphatic rings. The Kier molecular flexibility index (Phi) is 3.74. The SMILES string of the molecule is CC(=O)c1cccnc1N(C)CC1CCCO1. The zero-order valence-corrected chi connectivity index (χ0v) is 10.3. The van der Waals surface area contributed by atoms with Crippen molar-refractivity contribution in [3.63, 3.8) is 0 Å². The van der Waals surface area contributed by atoms with Gasteiger partial charge in [0.15, 0.2) is 5.78 Å². The fraction of sp³-hybridized carbons (Fsp3) is 0.538. The number of rotatable bonds is 4. The number of nitrogens with zero attached hydrogens (tertiary/aromatic N) is 2. The van der Waals surface area contributed by atoms with Crippen LogP contribution in [0.5, 0.6) is 0 Å². The van der Waals surface area contributed by atoms with Gasteiger partial charge in [-0.3, -0.25) is 4.79 Å². The molecule has 0 aromatic carbocycles. The minimum Gasteiger partial charge on any atom is -0.376 e. The van der Waals surface area contributed by atoms with Crippen LogP contribution in [0.15, 0.2) is 18.3 Å². The summed E-state index contributed by atoms with van der Waals surface area (Å²) < 4.78 is 5.59. The predicted molar refractivity (Wildman–Crippen MR) is 66.5 cm³/mol. The summed E-state index contributed by atoms with van der Waals surface area (Å²) >= 11 is 0. The Bertz CT molecular complexity index is 400. The molecule has 0 aliphatic carbocycles. The fourth-order valence-corrected chi connectivity index (χ4v) is 2.16. The van der Waals surface area contributed by atoms with Gasteiger partial charge in [-0.05, 0) is 31.9 Å². The number of carbonyl (C=O) groups is 1. The van der Waals surface area contributed by atoms with Gasteiger partial charge in [-0.25, -0.2) is 4.98 Å². The van der Waals surface area contributed by atoms with E-state index < -0.39 is 0 Å². The van der Waals surface area contributed by atoms with Crippen LogP contribution < -0.4 is 4.90 Å². The molecule has 0 spiro atoms. The van der Waals surface area contributed by atoms with Crippen LogP contribution >= 0.6 is 0 Å². The highest BCUT2D eigenvalue weighted by Gasteiger charge is 2.20. The van der Waals surface area contributed by atoms with E-state index in [9.17, 15) is 4.79 Å². The molecular weight excluding hydrogens is 216 g/mol. The number of ketones is 1. The molecule has 2 rings (SSSR count). The second-order valence-corrected chi connectivity index (χ2v) is 4.45. The molecule has 92 valence electrons. The quantitative estimate of drug-likeness (QED) is 0.746. The normalized spacial score (nSPS) is 19.3. The zero-order chi connectivity index (χ0) is 12.3. The molecule has 4 nitrogen and oxygen atoms in total. The van der Waals surface area contributed by atoms with E-state index in [0.29, 0.717) is 5.56 Å². The van der Waals surface area contributed by atoms with Crippen LogP contribution in [0, 0.1) is 0 Å². The first-order valence-electron chi connectivity index (χ1n) is 5.97. The first-order valence-corrected chi connectivity index (χ1v) is 5.97. The Morgan fingerprint density at radius 3 is 3.12 bits per heavy atom. The summed E-state index contributed by atoms with van der Waals surface area (Å²) in [5, 5.41) is 0. The average Bonchev–Trinajstić information content (AvgIpc) is 2.81. The molecule has 4 heteroatoms. The van der Waals surface area contributed by atoms with Gasteiger partial charge in [0.25, 0.3) is 0 Å². The topological polar surface area (TPSA) is 42.4 Å². The van der Waals surface area contributed by atoms with Crippen molar-refractivity contribution >= 4 is 11.6 Å². The third-order valence-electron chi connectivity index (χ3n) is 3.03. The van der Waals surface area contributed by atoms with Gasteiger partial charge in [0.1, 0.15) is 5.82 Å². The molecule has 1 saturated heterocycles. The Hall–Kier alpha value is -1.42. The van der Waals surface area contributed by atoms with Crippen LogP contribution in [0.2, 0.25) is 0 Å². The number of pyridine rings is 1. The lowest BCUT2D eigenvalue weighted by atomic mass is 10.1. The average molecular weight is 234 g/mol. The minimum absolute atomic E-state index is 0.0484. The highest BCUT2D eigenvalue weighted by atomic mass is 16.5. The Morgan fingerprint density at radius 1 is 1.65 bits per heavy atom. The number of hydrogen-bond acceptors (Lipinski definition) is 4. The standard InChI is InChI=1S/C13H18N2O2/c1-10(16)12-6-3-7-14-13(12)15(2)9-11-5-4-8-17-11/h3,6-7,11H,4-5,8-9H2,1-2H3. The van der Waals surface area contributed by atoms with Gasteiger partial charge in [-0.2, -0.15) is 0 Å². The molecule has 1 fully saturated rings. The van der Waals surface area contributed by atoms with E-state index in [4.69, 9.17) is 4.74 Å². The maximum absolute atomic E-state index is 11.5. The number of ether oxygens (including phenoxy) is 1. The Morgan fingerprint density at radius 2 is 2.47 bits per heavy atom. The lowest BCUT2D eigenvalue weighted by Crippen LogP contribution is -2.30. The van der Waals surface area contributed by atoms with Gasteiger partial charge in [-0.1, -0.05) is 0 Å². The molecule has 0 radical (unpaired) electrons. The van der Waals surface area contributed by atoms with Crippen molar-refractivity contribution in [1.29, 1.82) is 0 Å². The van der Waals surface area contributed by atoms with Gasteiger partial charge in [0.2, 0.25) is 0 Å². The third kappa shape index (κ3) is 2.82. The molecule has 1 aromatic heterocycles.